The Balaban J connectivity index is 1.83. The Morgan fingerprint density at radius 3 is 2.00 bits per heavy atom. The third-order valence-corrected chi connectivity index (χ3v) is 5.67. The molecular weight excluding hydrogens is 390 g/mol. The molecule has 0 aromatic heterocycles. The van der Waals surface area contributed by atoms with E-state index in [1.165, 1.54) is 12.5 Å². The van der Waals surface area contributed by atoms with Crippen LogP contribution in [0.25, 0.3) is 11.7 Å². The number of hydrogen-bond acceptors (Lipinski definition) is 0. The molecule has 0 N–H and O–H groups in total. The van der Waals surface area contributed by atoms with Crippen LogP contribution in [-0.2, 0) is 0 Å². The zero-order valence-corrected chi connectivity index (χ0v) is 16.1. The molecule has 0 radical (unpaired) electrons. The number of hydrogen-bond donors (Lipinski definition) is 0. The first-order valence-corrected chi connectivity index (χ1v) is 9.81. The summed E-state index contributed by atoms with van der Waals surface area (Å²) in [5.74, 6) is -8.44. The Morgan fingerprint density at radius 2 is 1.45 bits per heavy atom. The third kappa shape index (κ3) is 4.68. The maximum absolute atomic E-state index is 14.5. The summed E-state index contributed by atoms with van der Waals surface area (Å²) < 4.78 is 82.9. The SMILES string of the molecule is CCCC1CCC(c2ccc(C(F)=C(F)c3cc(F)c(F)c(F)c3)c(F)c2)CC1. The van der Waals surface area contributed by atoms with E-state index in [1.54, 1.807) is 6.07 Å². The van der Waals surface area contributed by atoms with Crippen molar-refractivity contribution in [3.05, 3.63) is 70.3 Å². The Bertz CT molecular complexity index is 887. The molecule has 156 valence electrons. The summed E-state index contributed by atoms with van der Waals surface area (Å²) in [7, 11) is 0. The fraction of sp³-hybridized carbons (Fsp3) is 0.391. The van der Waals surface area contributed by atoms with E-state index in [4.69, 9.17) is 0 Å². The standard InChI is InChI=1S/C23H22F6/c1-2-3-13-4-6-14(7-5-13)15-8-9-17(18(24)10-15)22(28)21(27)16-11-19(25)23(29)20(26)12-16/h8-14H,2-7H2,1H3. The molecule has 6 heteroatoms. The Morgan fingerprint density at radius 1 is 0.828 bits per heavy atom. The molecule has 1 aliphatic carbocycles. The van der Waals surface area contributed by atoms with Gasteiger partial charge in [-0.25, -0.2) is 26.3 Å². The van der Waals surface area contributed by atoms with Gasteiger partial charge in [-0.05, 0) is 67.3 Å². The third-order valence-electron chi connectivity index (χ3n) is 5.67. The largest absolute Gasteiger partial charge is 0.206 e. The van der Waals surface area contributed by atoms with Gasteiger partial charge in [-0.15, -0.1) is 0 Å². The van der Waals surface area contributed by atoms with Gasteiger partial charge in [0.15, 0.2) is 29.1 Å². The molecule has 0 unspecified atom stereocenters. The molecule has 1 saturated carbocycles. The van der Waals surface area contributed by atoms with E-state index < -0.39 is 46.0 Å². The molecule has 0 aliphatic heterocycles. The van der Waals surface area contributed by atoms with Gasteiger partial charge >= 0.3 is 0 Å². The minimum Gasteiger partial charge on any atom is -0.206 e. The highest BCUT2D eigenvalue weighted by Crippen LogP contribution is 2.39. The summed E-state index contributed by atoms with van der Waals surface area (Å²) in [6.45, 7) is 2.15. The maximum atomic E-state index is 14.5. The van der Waals surface area contributed by atoms with Crippen molar-refractivity contribution in [1.29, 1.82) is 0 Å². The molecule has 3 rings (SSSR count). The summed E-state index contributed by atoms with van der Waals surface area (Å²) in [5.41, 5.74) is -0.749. The van der Waals surface area contributed by atoms with Crippen LogP contribution in [0.1, 0.15) is 68.1 Å². The van der Waals surface area contributed by atoms with Gasteiger partial charge in [0.05, 0.1) is 0 Å². The van der Waals surface area contributed by atoms with Crippen molar-refractivity contribution in [2.24, 2.45) is 5.92 Å². The van der Waals surface area contributed by atoms with E-state index in [2.05, 4.69) is 6.92 Å². The predicted molar refractivity (Wildman–Crippen MR) is 101 cm³/mol. The van der Waals surface area contributed by atoms with Crippen molar-refractivity contribution in [3.63, 3.8) is 0 Å². The minimum absolute atomic E-state index is 0.170. The lowest BCUT2D eigenvalue weighted by Gasteiger charge is -2.28. The number of benzene rings is 2. The minimum atomic E-state index is -1.79. The monoisotopic (exact) mass is 412 g/mol. The van der Waals surface area contributed by atoms with Gasteiger partial charge in [0, 0.05) is 11.1 Å². The van der Waals surface area contributed by atoms with E-state index in [0.29, 0.717) is 18.1 Å². The molecule has 0 heterocycles. The van der Waals surface area contributed by atoms with Crippen molar-refractivity contribution < 1.29 is 26.3 Å². The van der Waals surface area contributed by atoms with Crippen LogP contribution < -0.4 is 0 Å². The Hall–Kier alpha value is -2.24. The lowest BCUT2D eigenvalue weighted by molar-refractivity contribution is 0.308. The van der Waals surface area contributed by atoms with Gasteiger partial charge in [-0.2, -0.15) is 0 Å². The highest BCUT2D eigenvalue weighted by molar-refractivity contribution is 5.83. The first-order valence-electron chi connectivity index (χ1n) is 9.81. The molecule has 0 atom stereocenters. The lowest BCUT2D eigenvalue weighted by Crippen LogP contribution is -2.13. The second-order valence-electron chi connectivity index (χ2n) is 7.63. The van der Waals surface area contributed by atoms with Crippen LogP contribution in [0.4, 0.5) is 26.3 Å². The molecule has 0 saturated heterocycles. The predicted octanol–water partition coefficient (Wildman–Crippen LogP) is 8.08. The van der Waals surface area contributed by atoms with Crippen LogP contribution >= 0.6 is 0 Å². The van der Waals surface area contributed by atoms with Gasteiger partial charge in [-0.3, -0.25) is 0 Å². The average molecular weight is 412 g/mol. The molecule has 0 nitrogen and oxygen atoms in total. The molecule has 29 heavy (non-hydrogen) atoms. The molecule has 1 fully saturated rings. The van der Waals surface area contributed by atoms with Crippen LogP contribution in [-0.4, -0.2) is 0 Å². The molecule has 0 amide bonds. The van der Waals surface area contributed by atoms with Crippen LogP contribution in [0.3, 0.4) is 0 Å². The van der Waals surface area contributed by atoms with E-state index in [-0.39, 0.29) is 5.92 Å². The van der Waals surface area contributed by atoms with Crippen molar-refractivity contribution in [1.82, 2.24) is 0 Å². The van der Waals surface area contributed by atoms with Gasteiger partial charge < -0.3 is 0 Å². The highest BCUT2D eigenvalue weighted by Gasteiger charge is 2.24. The Kier molecular flexibility index (Phi) is 6.70. The summed E-state index contributed by atoms with van der Waals surface area (Å²) in [5, 5.41) is 0. The maximum Gasteiger partial charge on any atom is 0.194 e. The molecule has 0 spiro atoms. The van der Waals surface area contributed by atoms with Gasteiger partial charge in [-0.1, -0.05) is 25.8 Å². The van der Waals surface area contributed by atoms with Crippen molar-refractivity contribution >= 4 is 11.7 Å². The van der Waals surface area contributed by atoms with Gasteiger partial charge in [0.25, 0.3) is 0 Å². The smallest absolute Gasteiger partial charge is 0.194 e. The summed E-state index contributed by atoms with van der Waals surface area (Å²) in [6, 6.07) is 4.54. The van der Waals surface area contributed by atoms with Crippen LogP contribution in [0.5, 0.6) is 0 Å². The normalized spacial score (nSPS) is 20.5. The first-order chi connectivity index (χ1) is 13.8. The molecular formula is C23H22F6. The van der Waals surface area contributed by atoms with Crippen LogP contribution in [0.15, 0.2) is 30.3 Å². The fourth-order valence-corrected chi connectivity index (χ4v) is 4.08. The quantitative estimate of drug-likeness (QED) is 0.264. The zero-order valence-electron chi connectivity index (χ0n) is 16.1. The van der Waals surface area contributed by atoms with E-state index in [0.717, 1.165) is 43.7 Å². The fourth-order valence-electron chi connectivity index (χ4n) is 4.08. The summed E-state index contributed by atoms with van der Waals surface area (Å²) >= 11 is 0. The summed E-state index contributed by atoms with van der Waals surface area (Å²) in [4.78, 5) is 0. The Labute approximate surface area is 166 Å². The highest BCUT2D eigenvalue weighted by atomic mass is 19.2. The van der Waals surface area contributed by atoms with Crippen molar-refractivity contribution in [2.75, 3.05) is 0 Å². The van der Waals surface area contributed by atoms with E-state index in [9.17, 15) is 26.3 Å². The second-order valence-corrected chi connectivity index (χ2v) is 7.63. The topological polar surface area (TPSA) is 0 Å². The number of halogens is 6. The number of rotatable bonds is 5. The van der Waals surface area contributed by atoms with Gasteiger partial charge in [0.1, 0.15) is 5.82 Å². The van der Waals surface area contributed by atoms with Crippen molar-refractivity contribution in [3.8, 4) is 0 Å². The van der Waals surface area contributed by atoms with Crippen LogP contribution in [0, 0.1) is 29.2 Å². The molecule has 2 aromatic rings. The summed E-state index contributed by atoms with van der Waals surface area (Å²) in [6.07, 6.45) is 6.28. The van der Waals surface area contributed by atoms with E-state index >= 15 is 0 Å². The molecule has 2 aromatic carbocycles. The first kappa shape index (κ1) is 21.5. The van der Waals surface area contributed by atoms with Gasteiger partial charge in [0.2, 0.25) is 0 Å². The average Bonchev–Trinajstić information content (AvgIpc) is 2.71. The molecule has 0 bridgehead atoms. The lowest BCUT2D eigenvalue weighted by atomic mass is 9.77. The molecule has 1 aliphatic rings. The van der Waals surface area contributed by atoms with Crippen LogP contribution in [0.2, 0.25) is 0 Å². The zero-order chi connectivity index (χ0) is 21.1. The van der Waals surface area contributed by atoms with Crippen molar-refractivity contribution in [2.45, 2.75) is 51.4 Å². The van der Waals surface area contributed by atoms with E-state index in [1.807, 2.05) is 0 Å². The second kappa shape index (κ2) is 9.06.